The van der Waals surface area contributed by atoms with Crippen molar-refractivity contribution in [3.63, 3.8) is 0 Å². The van der Waals surface area contributed by atoms with Gasteiger partial charge in [-0.3, -0.25) is 14.4 Å². The van der Waals surface area contributed by atoms with Gasteiger partial charge in [-0.05, 0) is 24.6 Å². The van der Waals surface area contributed by atoms with Crippen LogP contribution in [-0.4, -0.2) is 72.6 Å². The fraction of sp³-hybridized carbons (Fsp3) is 0.385. The highest BCUT2D eigenvalue weighted by atomic mass is 79.9. The van der Waals surface area contributed by atoms with Crippen molar-refractivity contribution in [3.05, 3.63) is 63.2 Å². The Hall–Kier alpha value is -3.42. The normalized spacial score (nSPS) is 24.0. The van der Waals surface area contributed by atoms with Gasteiger partial charge in [0.2, 0.25) is 0 Å². The van der Waals surface area contributed by atoms with Crippen LogP contribution in [0.5, 0.6) is 0 Å². The van der Waals surface area contributed by atoms with Crippen LogP contribution in [0.3, 0.4) is 0 Å². The highest BCUT2D eigenvalue weighted by molar-refractivity contribution is 9.10. The monoisotopic (exact) mass is 630 g/mol. The molecule has 0 bridgehead atoms. The van der Waals surface area contributed by atoms with E-state index in [1.54, 1.807) is 0 Å². The number of allylic oxidation sites excluding steroid dienone is 3. The Morgan fingerprint density at radius 3 is 2.60 bits per heavy atom. The number of carbonyl (C=O) groups excluding carboxylic acids is 3. The second-order valence-corrected chi connectivity index (χ2v) is 10.8. The van der Waals surface area contributed by atoms with Gasteiger partial charge in [0.15, 0.2) is 6.17 Å². The third kappa shape index (κ3) is 5.45. The van der Waals surface area contributed by atoms with E-state index in [0.29, 0.717) is 0 Å². The number of halogens is 7. The van der Waals surface area contributed by atoms with Crippen molar-refractivity contribution in [3.8, 4) is 0 Å². The van der Waals surface area contributed by atoms with Gasteiger partial charge < -0.3 is 15.1 Å². The fourth-order valence-corrected chi connectivity index (χ4v) is 5.66. The molecule has 2 atom stereocenters. The lowest BCUT2D eigenvalue weighted by atomic mass is 9.91. The van der Waals surface area contributed by atoms with Gasteiger partial charge in [0.1, 0.15) is 0 Å². The first kappa shape index (κ1) is 28.1. The number of benzene rings is 1. The number of dihydropyridines is 1. The molecule has 0 aromatic heterocycles. The largest absolute Gasteiger partial charge is 0.418 e. The van der Waals surface area contributed by atoms with E-state index >= 15 is 0 Å². The van der Waals surface area contributed by atoms with Gasteiger partial charge in [-0.25, -0.2) is 18.2 Å². The third-order valence-corrected chi connectivity index (χ3v) is 7.48. The average Bonchev–Trinajstić information content (AvgIpc) is 3.48. The first-order valence-corrected chi connectivity index (χ1v) is 13.0. The lowest BCUT2D eigenvalue weighted by Crippen LogP contribution is -2.40. The summed E-state index contributed by atoms with van der Waals surface area (Å²) in [6.07, 6.45) is -2.01. The molecule has 40 heavy (non-hydrogen) atoms. The van der Waals surface area contributed by atoms with E-state index in [1.165, 1.54) is 29.2 Å². The zero-order valence-electron chi connectivity index (χ0n) is 20.6. The van der Waals surface area contributed by atoms with Gasteiger partial charge in [0.25, 0.3) is 23.6 Å². The van der Waals surface area contributed by atoms with Crippen molar-refractivity contribution < 1.29 is 40.7 Å². The highest BCUT2D eigenvalue weighted by Gasteiger charge is 2.44. The molecule has 0 saturated carbocycles. The summed E-state index contributed by atoms with van der Waals surface area (Å²) < 4.78 is 84.2. The van der Waals surface area contributed by atoms with E-state index in [4.69, 9.17) is 0 Å². The molecule has 0 radical (unpaired) electrons. The number of nitrogens with one attached hydrogen (secondary N) is 1. The minimum absolute atomic E-state index is 0.00870. The summed E-state index contributed by atoms with van der Waals surface area (Å²) >= 11 is 3.00. The molecule has 1 aromatic rings. The van der Waals surface area contributed by atoms with Crippen LogP contribution in [0, 0.1) is 0 Å². The number of alkyl halides is 6. The number of amides is 3. The Labute approximate surface area is 232 Å². The fourth-order valence-electron chi connectivity index (χ4n) is 5.21. The topological polar surface area (TPSA) is 82.1 Å². The number of fused-ring (bicyclic) bond motifs is 1. The van der Waals surface area contributed by atoms with Crippen LogP contribution in [0.25, 0.3) is 0 Å². The standard InChI is InChI=1S/C26H21BrF6N4O3/c27-13-8-17(24(40)37-7-5-25(29,30)12-37)22(18(9-13)26(31,32)33)36-6-4-14(11-36)34-23(39)16-10-20(38)35-21-15(16)2-1-3-19(21)28/h1-3,8-10,14,19H,4-7,11-12H2,(H,34,39)/t14-,19?/m1/s1. The Bertz CT molecular complexity index is 1420. The van der Waals surface area contributed by atoms with Gasteiger partial charge in [0, 0.05) is 48.2 Å². The molecule has 5 rings (SSSR count). The Balaban J connectivity index is 1.41. The van der Waals surface area contributed by atoms with Gasteiger partial charge in [-0.2, -0.15) is 13.2 Å². The van der Waals surface area contributed by atoms with E-state index in [1.807, 2.05) is 0 Å². The Kier molecular flexibility index (Phi) is 7.17. The van der Waals surface area contributed by atoms with Crippen molar-refractivity contribution in [2.75, 3.05) is 31.1 Å². The van der Waals surface area contributed by atoms with E-state index in [2.05, 4.69) is 26.2 Å². The molecule has 1 aliphatic carbocycles. The van der Waals surface area contributed by atoms with E-state index in [-0.39, 0.29) is 52.9 Å². The molecule has 2 fully saturated rings. The summed E-state index contributed by atoms with van der Waals surface area (Å²) in [6, 6.07) is 1.28. The SMILES string of the molecule is O=C1C=C(C(=O)N[C@@H]2CCN(c3c(C(=O)N4CCC(F)(F)C4)cc(Br)cc3C(F)(F)F)C2)C2=CC=CC(F)C2=N1. The maximum absolute atomic E-state index is 14.2. The van der Waals surface area contributed by atoms with Crippen molar-refractivity contribution in [1.29, 1.82) is 0 Å². The maximum atomic E-state index is 14.2. The number of carbonyl (C=O) groups is 3. The van der Waals surface area contributed by atoms with E-state index in [0.717, 1.165) is 17.0 Å². The summed E-state index contributed by atoms with van der Waals surface area (Å²) in [5.74, 6) is -5.64. The lowest BCUT2D eigenvalue weighted by Gasteiger charge is -2.28. The van der Waals surface area contributed by atoms with Crippen molar-refractivity contribution in [2.45, 2.75) is 37.2 Å². The molecule has 14 heteroatoms. The summed E-state index contributed by atoms with van der Waals surface area (Å²) in [5, 5.41) is 2.67. The number of hydrogen-bond acceptors (Lipinski definition) is 4. The molecule has 7 nitrogen and oxygen atoms in total. The number of nitrogens with zero attached hydrogens (tertiary/aromatic N) is 3. The predicted octanol–water partition coefficient (Wildman–Crippen LogP) is 4.39. The number of anilines is 1. The van der Waals surface area contributed by atoms with Gasteiger partial charge >= 0.3 is 6.18 Å². The zero-order valence-corrected chi connectivity index (χ0v) is 22.2. The third-order valence-electron chi connectivity index (χ3n) is 7.02. The summed E-state index contributed by atoms with van der Waals surface area (Å²) in [4.78, 5) is 44.0. The number of hydrogen-bond donors (Lipinski definition) is 1. The van der Waals surface area contributed by atoms with Gasteiger partial charge in [-0.1, -0.05) is 28.1 Å². The minimum atomic E-state index is -4.88. The molecular weight excluding hydrogens is 610 g/mol. The van der Waals surface area contributed by atoms with Crippen molar-refractivity contribution in [1.82, 2.24) is 10.2 Å². The first-order valence-electron chi connectivity index (χ1n) is 12.2. The van der Waals surface area contributed by atoms with Crippen molar-refractivity contribution >= 4 is 45.1 Å². The minimum Gasteiger partial charge on any atom is -0.368 e. The highest BCUT2D eigenvalue weighted by Crippen LogP contribution is 2.43. The summed E-state index contributed by atoms with van der Waals surface area (Å²) in [7, 11) is 0. The molecule has 1 N–H and O–H groups in total. The molecule has 3 heterocycles. The number of rotatable bonds is 4. The molecule has 3 aliphatic heterocycles. The Morgan fingerprint density at radius 2 is 1.93 bits per heavy atom. The van der Waals surface area contributed by atoms with Crippen LogP contribution < -0.4 is 10.2 Å². The van der Waals surface area contributed by atoms with Gasteiger partial charge in [-0.15, -0.1) is 0 Å². The smallest absolute Gasteiger partial charge is 0.368 e. The number of aliphatic imine (C=N–C) groups is 1. The average molecular weight is 631 g/mol. The molecule has 212 valence electrons. The molecule has 4 aliphatic rings. The molecular formula is C26H21BrF6N4O3. The second kappa shape index (κ2) is 10.2. The quantitative estimate of drug-likeness (QED) is 0.501. The predicted molar refractivity (Wildman–Crippen MR) is 136 cm³/mol. The molecule has 0 spiro atoms. The van der Waals surface area contributed by atoms with Crippen LogP contribution in [0.4, 0.5) is 32.0 Å². The van der Waals surface area contributed by atoms with Crippen molar-refractivity contribution in [2.24, 2.45) is 4.99 Å². The van der Waals surface area contributed by atoms with E-state index in [9.17, 15) is 40.7 Å². The Morgan fingerprint density at radius 1 is 1.18 bits per heavy atom. The molecule has 2 saturated heterocycles. The number of likely N-dealkylation sites (tertiary alicyclic amines) is 1. The van der Waals surface area contributed by atoms with Crippen LogP contribution >= 0.6 is 15.9 Å². The van der Waals surface area contributed by atoms with Crippen LogP contribution in [0.1, 0.15) is 28.8 Å². The zero-order chi connectivity index (χ0) is 29.0. The van der Waals surface area contributed by atoms with Gasteiger partial charge in [0.05, 0.1) is 34.6 Å². The maximum Gasteiger partial charge on any atom is 0.418 e. The first-order chi connectivity index (χ1) is 18.7. The molecule has 1 aromatic carbocycles. The summed E-state index contributed by atoms with van der Waals surface area (Å²) in [6.45, 7) is -1.34. The lowest BCUT2D eigenvalue weighted by molar-refractivity contribution is -0.137. The van der Waals surface area contributed by atoms with Crippen LogP contribution in [0.15, 0.2) is 57.0 Å². The molecule has 1 unspecified atom stereocenters. The second-order valence-electron chi connectivity index (χ2n) is 9.85. The van der Waals surface area contributed by atoms with E-state index < -0.39 is 66.3 Å². The van der Waals surface area contributed by atoms with Crippen LogP contribution in [-0.2, 0) is 15.8 Å². The molecule has 3 amide bonds. The summed E-state index contributed by atoms with van der Waals surface area (Å²) in [5.41, 5.74) is -2.17. The van der Waals surface area contributed by atoms with Crippen LogP contribution in [0.2, 0.25) is 0 Å².